The van der Waals surface area contributed by atoms with Gasteiger partial charge in [0.2, 0.25) is 0 Å². The van der Waals surface area contributed by atoms with Gasteiger partial charge in [0, 0.05) is 28.8 Å². The van der Waals surface area contributed by atoms with Crippen molar-refractivity contribution < 1.29 is 9.53 Å². The van der Waals surface area contributed by atoms with Crippen LogP contribution in [0.1, 0.15) is 44.1 Å². The number of benzene rings is 1. The summed E-state index contributed by atoms with van der Waals surface area (Å²) in [5.41, 5.74) is 4.55. The summed E-state index contributed by atoms with van der Waals surface area (Å²) in [5.74, 6) is 0.784. The van der Waals surface area contributed by atoms with E-state index in [1.807, 2.05) is 0 Å². The SMILES string of the molecule is CCC12CCCN3CCC(C4C(=C1C(=O)OC)Nc1ccccc14)C32. The molecule has 1 N–H and O–H groups in total. The first-order valence-electron chi connectivity index (χ1n) is 9.64. The molecule has 1 aromatic carbocycles. The molecule has 0 aromatic heterocycles. The third-order valence-electron chi connectivity index (χ3n) is 7.27. The maximum absolute atomic E-state index is 13.0. The Balaban J connectivity index is 1.78. The van der Waals surface area contributed by atoms with E-state index in [1.165, 1.54) is 37.7 Å². The molecule has 0 radical (unpaired) electrons. The van der Waals surface area contributed by atoms with E-state index in [-0.39, 0.29) is 11.4 Å². The molecule has 2 saturated heterocycles. The zero-order valence-corrected chi connectivity index (χ0v) is 15.0. The molecule has 4 aliphatic rings. The summed E-state index contributed by atoms with van der Waals surface area (Å²) in [6.07, 6.45) is 4.50. The van der Waals surface area contributed by atoms with Gasteiger partial charge in [0.05, 0.1) is 12.7 Å². The van der Waals surface area contributed by atoms with E-state index in [2.05, 4.69) is 41.4 Å². The van der Waals surface area contributed by atoms with E-state index >= 15 is 0 Å². The summed E-state index contributed by atoms with van der Waals surface area (Å²) < 4.78 is 5.31. The van der Waals surface area contributed by atoms with Crippen LogP contribution in [-0.4, -0.2) is 37.1 Å². The molecule has 132 valence electrons. The molecule has 4 atom stereocenters. The van der Waals surface area contributed by atoms with Crippen molar-refractivity contribution in [3.05, 3.63) is 41.1 Å². The van der Waals surface area contributed by atoms with Crippen LogP contribution in [0.25, 0.3) is 0 Å². The first-order chi connectivity index (χ1) is 12.2. The van der Waals surface area contributed by atoms with Crippen LogP contribution in [0, 0.1) is 11.3 Å². The maximum atomic E-state index is 13.0. The number of methoxy groups -OCH3 is 1. The molecule has 4 nitrogen and oxygen atoms in total. The second-order valence-corrected chi connectivity index (χ2v) is 8.02. The number of allylic oxidation sites excluding steroid dienone is 1. The van der Waals surface area contributed by atoms with Gasteiger partial charge in [-0.05, 0) is 56.3 Å². The molecule has 2 fully saturated rings. The van der Waals surface area contributed by atoms with Crippen LogP contribution in [0.2, 0.25) is 0 Å². The van der Waals surface area contributed by atoms with Gasteiger partial charge in [0.15, 0.2) is 0 Å². The lowest BCUT2D eigenvalue weighted by atomic mass is 9.56. The van der Waals surface area contributed by atoms with Crippen LogP contribution in [0.5, 0.6) is 0 Å². The minimum atomic E-state index is -0.130. The van der Waals surface area contributed by atoms with Gasteiger partial charge in [-0.1, -0.05) is 25.1 Å². The van der Waals surface area contributed by atoms with E-state index in [0.29, 0.717) is 17.9 Å². The van der Waals surface area contributed by atoms with Crippen LogP contribution < -0.4 is 5.32 Å². The average Bonchev–Trinajstić information content (AvgIpc) is 3.24. The number of rotatable bonds is 2. The highest BCUT2D eigenvalue weighted by Crippen LogP contribution is 2.62. The third kappa shape index (κ3) is 1.84. The number of nitrogens with one attached hydrogen (secondary N) is 1. The van der Waals surface area contributed by atoms with Crippen molar-refractivity contribution in [3.63, 3.8) is 0 Å². The number of ether oxygens (including phenoxy) is 1. The molecule has 25 heavy (non-hydrogen) atoms. The molecule has 0 spiro atoms. The minimum absolute atomic E-state index is 0.0621. The van der Waals surface area contributed by atoms with Gasteiger partial charge in [-0.3, -0.25) is 4.90 Å². The Morgan fingerprint density at radius 2 is 2.20 bits per heavy atom. The molecule has 0 bridgehead atoms. The number of piperidine rings is 1. The number of hydrogen-bond acceptors (Lipinski definition) is 4. The fraction of sp³-hybridized carbons (Fsp3) is 0.571. The van der Waals surface area contributed by atoms with Crippen molar-refractivity contribution in [2.75, 3.05) is 25.5 Å². The molecule has 4 unspecified atom stereocenters. The van der Waals surface area contributed by atoms with E-state index in [9.17, 15) is 4.79 Å². The quantitative estimate of drug-likeness (QED) is 0.838. The largest absolute Gasteiger partial charge is 0.466 e. The van der Waals surface area contributed by atoms with Crippen LogP contribution in [0.15, 0.2) is 35.5 Å². The molecular formula is C21H26N2O2. The monoisotopic (exact) mass is 338 g/mol. The minimum Gasteiger partial charge on any atom is -0.466 e. The topological polar surface area (TPSA) is 41.6 Å². The normalized spacial score (nSPS) is 35.7. The number of hydrogen-bond donors (Lipinski definition) is 1. The summed E-state index contributed by atoms with van der Waals surface area (Å²) in [7, 11) is 1.53. The lowest BCUT2D eigenvalue weighted by molar-refractivity contribution is -0.139. The van der Waals surface area contributed by atoms with Crippen molar-refractivity contribution >= 4 is 11.7 Å². The van der Waals surface area contributed by atoms with Gasteiger partial charge < -0.3 is 10.1 Å². The lowest BCUT2D eigenvalue weighted by Crippen LogP contribution is -2.57. The Hall–Kier alpha value is -1.81. The molecule has 5 rings (SSSR count). The Morgan fingerprint density at radius 1 is 1.36 bits per heavy atom. The van der Waals surface area contributed by atoms with Crippen molar-refractivity contribution in [3.8, 4) is 0 Å². The number of para-hydroxylation sites is 1. The van der Waals surface area contributed by atoms with Crippen molar-refractivity contribution in [2.24, 2.45) is 11.3 Å². The fourth-order valence-corrected chi connectivity index (χ4v) is 6.43. The molecule has 0 saturated carbocycles. The zero-order valence-electron chi connectivity index (χ0n) is 15.0. The predicted molar refractivity (Wildman–Crippen MR) is 97.3 cm³/mol. The third-order valence-corrected chi connectivity index (χ3v) is 7.27. The fourth-order valence-electron chi connectivity index (χ4n) is 6.43. The van der Waals surface area contributed by atoms with Gasteiger partial charge in [-0.15, -0.1) is 0 Å². The van der Waals surface area contributed by atoms with Crippen LogP contribution in [-0.2, 0) is 9.53 Å². The molecular weight excluding hydrogens is 312 g/mol. The molecule has 1 aromatic rings. The second-order valence-electron chi connectivity index (χ2n) is 8.02. The van der Waals surface area contributed by atoms with Gasteiger partial charge in [-0.25, -0.2) is 4.79 Å². The number of carbonyl (C=O) groups excluding carboxylic acids is 1. The second kappa shape index (κ2) is 5.34. The summed E-state index contributed by atoms with van der Waals surface area (Å²) >= 11 is 0. The summed E-state index contributed by atoms with van der Waals surface area (Å²) in [5, 5.41) is 3.64. The van der Waals surface area contributed by atoms with E-state index in [0.717, 1.165) is 30.7 Å². The van der Waals surface area contributed by atoms with Gasteiger partial charge in [0.25, 0.3) is 0 Å². The Kier molecular flexibility index (Phi) is 3.30. The van der Waals surface area contributed by atoms with Crippen molar-refractivity contribution in [1.29, 1.82) is 0 Å². The molecule has 4 heteroatoms. The number of esters is 1. The number of carbonyl (C=O) groups is 1. The smallest absolute Gasteiger partial charge is 0.336 e. The summed E-state index contributed by atoms with van der Waals surface area (Å²) in [4.78, 5) is 15.6. The molecule has 3 aliphatic heterocycles. The van der Waals surface area contributed by atoms with E-state index in [1.54, 1.807) is 0 Å². The van der Waals surface area contributed by atoms with Crippen LogP contribution in [0.4, 0.5) is 5.69 Å². The first-order valence-corrected chi connectivity index (χ1v) is 9.64. The standard InChI is InChI=1S/C21H26N2O2/c1-3-21-10-6-11-23-12-9-14(19(21)23)16-13-7-4-5-8-15(13)22-18(16)17(21)20(24)25-2/h4-5,7-8,14,16,19,22H,3,6,9-12H2,1-2H3. The van der Waals surface area contributed by atoms with E-state index < -0.39 is 0 Å². The van der Waals surface area contributed by atoms with Crippen molar-refractivity contribution in [1.82, 2.24) is 4.90 Å². The highest BCUT2D eigenvalue weighted by atomic mass is 16.5. The van der Waals surface area contributed by atoms with Crippen molar-refractivity contribution in [2.45, 2.75) is 44.6 Å². The average molecular weight is 338 g/mol. The highest BCUT2D eigenvalue weighted by Gasteiger charge is 2.61. The first kappa shape index (κ1) is 15.4. The highest BCUT2D eigenvalue weighted by molar-refractivity contribution is 5.94. The Bertz CT molecular complexity index is 771. The zero-order chi connectivity index (χ0) is 17.2. The number of anilines is 1. The Morgan fingerprint density at radius 3 is 3.00 bits per heavy atom. The van der Waals surface area contributed by atoms with Crippen LogP contribution in [0.3, 0.4) is 0 Å². The lowest BCUT2D eigenvalue weighted by Gasteiger charge is -2.54. The molecule has 1 aliphatic carbocycles. The van der Waals surface area contributed by atoms with Gasteiger partial charge in [-0.2, -0.15) is 0 Å². The Labute approximate surface area is 149 Å². The summed E-state index contributed by atoms with van der Waals surface area (Å²) in [6, 6.07) is 9.05. The molecule has 0 amide bonds. The number of nitrogens with zero attached hydrogens (tertiary/aromatic N) is 1. The number of fused-ring (bicyclic) bond motifs is 4. The maximum Gasteiger partial charge on any atom is 0.336 e. The molecule has 3 heterocycles. The van der Waals surface area contributed by atoms with E-state index in [4.69, 9.17) is 4.74 Å². The summed E-state index contributed by atoms with van der Waals surface area (Å²) in [6.45, 7) is 4.59. The van der Waals surface area contributed by atoms with Crippen LogP contribution >= 0.6 is 0 Å². The van der Waals surface area contributed by atoms with Gasteiger partial charge >= 0.3 is 5.97 Å². The predicted octanol–water partition coefficient (Wildman–Crippen LogP) is 3.52. The van der Waals surface area contributed by atoms with Gasteiger partial charge in [0.1, 0.15) is 0 Å².